The molecule has 21 heavy (non-hydrogen) atoms. The van der Waals surface area contributed by atoms with Gasteiger partial charge >= 0.3 is 5.97 Å². The molecule has 0 fully saturated rings. The lowest BCUT2D eigenvalue weighted by Crippen LogP contribution is -2.02. The molecule has 0 radical (unpaired) electrons. The molecule has 108 valence electrons. The highest BCUT2D eigenvalue weighted by Gasteiger charge is 2.00. The molecule has 0 aromatic heterocycles. The molecule has 2 nitrogen and oxygen atoms in total. The summed E-state index contributed by atoms with van der Waals surface area (Å²) in [5.74, 6) is 0.138. The van der Waals surface area contributed by atoms with Crippen LogP contribution in [0.4, 0.5) is 0 Å². The van der Waals surface area contributed by atoms with Crippen molar-refractivity contribution in [2.24, 2.45) is 0 Å². The Bertz CT molecular complexity index is 570. The number of unbranched alkanes of at least 4 members (excludes halogenated alkanes) is 1. The summed E-state index contributed by atoms with van der Waals surface area (Å²) >= 11 is 0. The molecule has 0 unspecified atom stereocenters. The molecule has 0 bridgehead atoms. The smallest absolute Gasteiger partial charge is 0.335 e. The zero-order valence-corrected chi connectivity index (χ0v) is 12.1. The number of esters is 1. The minimum Gasteiger partial charge on any atom is -0.423 e. The molecule has 2 aromatic rings. The Labute approximate surface area is 126 Å². The van der Waals surface area contributed by atoms with Gasteiger partial charge in [-0.1, -0.05) is 49.0 Å². The summed E-state index contributed by atoms with van der Waals surface area (Å²) in [7, 11) is 0. The van der Waals surface area contributed by atoms with E-state index in [4.69, 9.17) is 4.74 Å². The van der Waals surface area contributed by atoms with E-state index < -0.39 is 5.97 Å². The van der Waals surface area contributed by atoms with Gasteiger partial charge in [-0.2, -0.15) is 0 Å². The molecule has 0 atom stereocenters. The number of aryl methyl sites for hydroxylation is 2. The first-order chi connectivity index (χ1) is 10.3. The molecule has 2 rings (SSSR count). The molecular weight excluding hydrogens is 260 g/mol. The second kappa shape index (κ2) is 8.05. The maximum atomic E-state index is 11.1. The Morgan fingerprint density at radius 1 is 0.905 bits per heavy atom. The van der Waals surface area contributed by atoms with Gasteiger partial charge in [0.25, 0.3) is 0 Å². The van der Waals surface area contributed by atoms with Crippen LogP contribution >= 0.6 is 0 Å². The summed E-state index contributed by atoms with van der Waals surface area (Å²) in [5.41, 5.74) is 2.66. The molecule has 0 heterocycles. The Morgan fingerprint density at radius 2 is 1.48 bits per heavy atom. The van der Waals surface area contributed by atoms with Gasteiger partial charge in [0.05, 0.1) is 0 Å². The molecule has 0 saturated carbocycles. The molecule has 0 aliphatic heterocycles. The van der Waals surface area contributed by atoms with Crippen LogP contribution in [0, 0.1) is 0 Å². The zero-order chi connectivity index (χ0) is 14.9. The zero-order valence-electron chi connectivity index (χ0n) is 12.1. The van der Waals surface area contributed by atoms with Crippen molar-refractivity contribution in [3.63, 3.8) is 0 Å². The lowest BCUT2D eigenvalue weighted by atomic mass is 10.0. The van der Waals surface area contributed by atoms with Crippen LogP contribution < -0.4 is 4.74 Å². The van der Waals surface area contributed by atoms with Crippen molar-refractivity contribution < 1.29 is 9.53 Å². The van der Waals surface area contributed by atoms with Gasteiger partial charge in [0.15, 0.2) is 0 Å². The lowest BCUT2D eigenvalue weighted by molar-refractivity contribution is -0.128. The van der Waals surface area contributed by atoms with Crippen LogP contribution in [0.5, 0.6) is 5.75 Å². The van der Waals surface area contributed by atoms with E-state index in [9.17, 15) is 4.79 Å². The van der Waals surface area contributed by atoms with Crippen molar-refractivity contribution in [3.8, 4) is 5.75 Å². The average Bonchev–Trinajstić information content (AvgIpc) is 2.54. The van der Waals surface area contributed by atoms with Gasteiger partial charge in [-0.3, -0.25) is 0 Å². The van der Waals surface area contributed by atoms with Crippen molar-refractivity contribution in [2.45, 2.75) is 25.7 Å². The number of hydrogen-bond acceptors (Lipinski definition) is 2. The Kier molecular flexibility index (Phi) is 5.77. The van der Waals surface area contributed by atoms with Crippen LogP contribution in [0.15, 0.2) is 67.3 Å². The van der Waals surface area contributed by atoms with Gasteiger partial charge in [-0.25, -0.2) is 4.79 Å². The first-order valence-corrected chi connectivity index (χ1v) is 7.25. The SMILES string of the molecule is C=CC(=O)Oc1ccc(CCCCc2ccccc2)cc1. The molecule has 0 spiro atoms. The normalized spacial score (nSPS) is 10.1. The summed E-state index contributed by atoms with van der Waals surface area (Å²) in [6, 6.07) is 18.2. The third-order valence-electron chi connectivity index (χ3n) is 3.33. The summed E-state index contributed by atoms with van der Waals surface area (Å²) in [5, 5.41) is 0. The molecule has 0 saturated heterocycles. The Morgan fingerprint density at radius 3 is 2.05 bits per heavy atom. The largest absolute Gasteiger partial charge is 0.423 e. The third kappa shape index (κ3) is 5.27. The van der Waals surface area contributed by atoms with Crippen LogP contribution in [-0.2, 0) is 17.6 Å². The number of carbonyl (C=O) groups is 1. The fourth-order valence-corrected chi connectivity index (χ4v) is 2.18. The molecule has 0 aliphatic carbocycles. The van der Waals surface area contributed by atoms with E-state index in [2.05, 4.69) is 30.8 Å². The molecule has 0 amide bonds. The number of rotatable bonds is 7. The van der Waals surface area contributed by atoms with Gasteiger partial charge in [-0.05, 0) is 48.9 Å². The highest BCUT2D eigenvalue weighted by atomic mass is 16.5. The van der Waals surface area contributed by atoms with Gasteiger partial charge in [0.2, 0.25) is 0 Å². The number of carbonyl (C=O) groups excluding carboxylic acids is 1. The van der Waals surface area contributed by atoms with Crippen LogP contribution in [0.25, 0.3) is 0 Å². The van der Waals surface area contributed by atoms with E-state index in [1.54, 1.807) is 0 Å². The Balaban J connectivity index is 1.73. The predicted molar refractivity (Wildman–Crippen MR) is 85.4 cm³/mol. The predicted octanol–water partition coefficient (Wildman–Crippen LogP) is 4.34. The molecule has 2 aromatic carbocycles. The second-order valence-electron chi connectivity index (χ2n) is 4.96. The van der Waals surface area contributed by atoms with Crippen LogP contribution in [0.3, 0.4) is 0 Å². The van der Waals surface area contributed by atoms with E-state index in [1.807, 2.05) is 30.3 Å². The fraction of sp³-hybridized carbons (Fsp3) is 0.211. The Hall–Kier alpha value is -2.35. The minimum atomic E-state index is -0.425. The van der Waals surface area contributed by atoms with Crippen molar-refractivity contribution in [3.05, 3.63) is 78.4 Å². The van der Waals surface area contributed by atoms with Crippen LogP contribution in [-0.4, -0.2) is 5.97 Å². The topological polar surface area (TPSA) is 26.3 Å². The quantitative estimate of drug-likeness (QED) is 0.326. The van der Waals surface area contributed by atoms with E-state index >= 15 is 0 Å². The van der Waals surface area contributed by atoms with Gasteiger partial charge in [0.1, 0.15) is 5.75 Å². The van der Waals surface area contributed by atoms with E-state index in [0.29, 0.717) is 5.75 Å². The van der Waals surface area contributed by atoms with Crippen molar-refractivity contribution >= 4 is 5.97 Å². The van der Waals surface area contributed by atoms with E-state index in [-0.39, 0.29) is 0 Å². The summed E-state index contributed by atoms with van der Waals surface area (Å²) in [6.07, 6.45) is 5.66. The third-order valence-corrected chi connectivity index (χ3v) is 3.33. The summed E-state index contributed by atoms with van der Waals surface area (Å²) < 4.78 is 5.05. The molecular formula is C19H20O2. The molecule has 0 N–H and O–H groups in total. The highest BCUT2D eigenvalue weighted by Crippen LogP contribution is 2.15. The van der Waals surface area contributed by atoms with Crippen molar-refractivity contribution in [2.75, 3.05) is 0 Å². The lowest BCUT2D eigenvalue weighted by Gasteiger charge is -2.05. The van der Waals surface area contributed by atoms with Gasteiger partial charge in [0, 0.05) is 6.08 Å². The van der Waals surface area contributed by atoms with Gasteiger partial charge in [-0.15, -0.1) is 0 Å². The molecule has 0 aliphatic rings. The van der Waals surface area contributed by atoms with Crippen LogP contribution in [0.2, 0.25) is 0 Å². The molecule has 2 heteroatoms. The number of ether oxygens (including phenoxy) is 1. The monoisotopic (exact) mass is 280 g/mol. The van der Waals surface area contributed by atoms with Crippen LogP contribution in [0.1, 0.15) is 24.0 Å². The number of benzene rings is 2. The maximum absolute atomic E-state index is 11.1. The highest BCUT2D eigenvalue weighted by molar-refractivity contribution is 5.83. The average molecular weight is 280 g/mol. The first-order valence-electron chi connectivity index (χ1n) is 7.25. The fourth-order valence-electron chi connectivity index (χ4n) is 2.18. The van der Waals surface area contributed by atoms with E-state index in [1.165, 1.54) is 17.5 Å². The number of hydrogen-bond donors (Lipinski definition) is 0. The first kappa shape index (κ1) is 15.0. The summed E-state index contributed by atoms with van der Waals surface area (Å²) in [4.78, 5) is 11.1. The minimum absolute atomic E-state index is 0.425. The van der Waals surface area contributed by atoms with E-state index in [0.717, 1.165) is 25.3 Å². The van der Waals surface area contributed by atoms with Crippen molar-refractivity contribution in [1.29, 1.82) is 0 Å². The summed E-state index contributed by atoms with van der Waals surface area (Å²) in [6.45, 7) is 3.37. The standard InChI is InChI=1S/C19H20O2/c1-2-19(20)21-18-14-12-17(13-15-18)11-7-6-10-16-8-4-3-5-9-16/h2-5,8-9,12-15H,1,6-7,10-11H2. The maximum Gasteiger partial charge on any atom is 0.335 e. The van der Waals surface area contributed by atoms with Gasteiger partial charge < -0.3 is 4.74 Å². The second-order valence-corrected chi connectivity index (χ2v) is 4.96. The van der Waals surface area contributed by atoms with Crippen molar-refractivity contribution in [1.82, 2.24) is 0 Å².